The lowest BCUT2D eigenvalue weighted by atomic mass is 10.1. The van der Waals surface area contributed by atoms with Gasteiger partial charge in [-0.15, -0.1) is 0 Å². The molecule has 1 heterocycles. The highest BCUT2D eigenvalue weighted by Crippen LogP contribution is 2.26. The molecule has 21 heavy (non-hydrogen) atoms. The lowest BCUT2D eigenvalue weighted by molar-refractivity contribution is 0.0600. The first-order valence-electron chi connectivity index (χ1n) is 6.45. The standard InChI is InChI=1S/C16H13NO4/c1-20-16(19)10-3-2-4-12(7-10)21-13-5-6-14-11(8-13)9-17-15(14)18/h2-8H,9H2,1H3,(H,17,18). The number of ether oxygens (including phenoxy) is 2. The zero-order chi connectivity index (χ0) is 14.8. The van der Waals surface area contributed by atoms with Crippen LogP contribution in [0.3, 0.4) is 0 Å². The van der Waals surface area contributed by atoms with Gasteiger partial charge in [0.2, 0.25) is 0 Å². The Kier molecular flexibility index (Phi) is 3.31. The summed E-state index contributed by atoms with van der Waals surface area (Å²) in [6, 6.07) is 12.0. The van der Waals surface area contributed by atoms with E-state index in [2.05, 4.69) is 10.1 Å². The summed E-state index contributed by atoms with van der Waals surface area (Å²) in [5.74, 6) is 0.677. The van der Waals surface area contributed by atoms with Crippen LogP contribution in [0.25, 0.3) is 0 Å². The summed E-state index contributed by atoms with van der Waals surface area (Å²) in [6.07, 6.45) is 0. The quantitative estimate of drug-likeness (QED) is 0.879. The molecule has 0 atom stereocenters. The fraction of sp³-hybridized carbons (Fsp3) is 0.125. The van der Waals surface area contributed by atoms with Gasteiger partial charge in [-0.3, -0.25) is 4.79 Å². The molecular formula is C16H13NO4. The van der Waals surface area contributed by atoms with Crippen molar-refractivity contribution in [1.29, 1.82) is 0 Å². The summed E-state index contributed by atoms with van der Waals surface area (Å²) in [5, 5.41) is 2.75. The second-order valence-electron chi connectivity index (χ2n) is 4.62. The number of benzene rings is 2. The minimum Gasteiger partial charge on any atom is -0.465 e. The van der Waals surface area contributed by atoms with Crippen molar-refractivity contribution >= 4 is 11.9 Å². The van der Waals surface area contributed by atoms with E-state index in [0.717, 1.165) is 5.56 Å². The van der Waals surface area contributed by atoms with Gasteiger partial charge in [0.25, 0.3) is 5.91 Å². The number of nitrogens with one attached hydrogen (secondary N) is 1. The topological polar surface area (TPSA) is 64.6 Å². The molecule has 1 amide bonds. The van der Waals surface area contributed by atoms with Crippen LogP contribution < -0.4 is 10.1 Å². The zero-order valence-electron chi connectivity index (χ0n) is 11.4. The predicted molar refractivity (Wildman–Crippen MR) is 75.5 cm³/mol. The Morgan fingerprint density at radius 3 is 2.76 bits per heavy atom. The highest BCUT2D eigenvalue weighted by Gasteiger charge is 2.19. The second-order valence-corrected chi connectivity index (χ2v) is 4.62. The van der Waals surface area contributed by atoms with Crippen LogP contribution >= 0.6 is 0 Å². The lowest BCUT2D eigenvalue weighted by Gasteiger charge is -2.08. The maximum Gasteiger partial charge on any atom is 0.337 e. The van der Waals surface area contributed by atoms with Gasteiger partial charge >= 0.3 is 5.97 Å². The van der Waals surface area contributed by atoms with E-state index in [9.17, 15) is 9.59 Å². The Morgan fingerprint density at radius 2 is 1.95 bits per heavy atom. The molecule has 5 nitrogen and oxygen atoms in total. The van der Waals surface area contributed by atoms with Crippen molar-refractivity contribution in [2.24, 2.45) is 0 Å². The number of rotatable bonds is 3. The summed E-state index contributed by atoms with van der Waals surface area (Å²) in [4.78, 5) is 23.0. The third kappa shape index (κ3) is 2.58. The Bertz CT molecular complexity index is 724. The third-order valence-electron chi connectivity index (χ3n) is 3.25. The number of hydrogen-bond acceptors (Lipinski definition) is 4. The molecule has 1 aliphatic rings. The van der Waals surface area contributed by atoms with E-state index in [1.807, 2.05) is 6.07 Å². The number of carbonyl (C=O) groups is 2. The molecule has 0 bridgehead atoms. The van der Waals surface area contributed by atoms with Gasteiger partial charge in [-0.2, -0.15) is 0 Å². The summed E-state index contributed by atoms with van der Waals surface area (Å²) >= 11 is 0. The van der Waals surface area contributed by atoms with Crippen molar-refractivity contribution in [1.82, 2.24) is 5.32 Å². The summed E-state index contributed by atoms with van der Waals surface area (Å²) in [6.45, 7) is 0.508. The number of carbonyl (C=O) groups excluding carboxylic acids is 2. The van der Waals surface area contributed by atoms with Gasteiger partial charge in [-0.1, -0.05) is 6.07 Å². The van der Waals surface area contributed by atoms with Crippen molar-refractivity contribution in [2.75, 3.05) is 7.11 Å². The summed E-state index contributed by atoms with van der Waals surface area (Å²) in [7, 11) is 1.33. The predicted octanol–water partition coefficient (Wildman–Crippen LogP) is 2.51. The Morgan fingerprint density at radius 1 is 1.14 bits per heavy atom. The van der Waals surface area contributed by atoms with Crippen molar-refractivity contribution < 1.29 is 19.1 Å². The zero-order valence-corrected chi connectivity index (χ0v) is 11.4. The molecule has 0 unspecified atom stereocenters. The van der Waals surface area contributed by atoms with Gasteiger partial charge in [0.05, 0.1) is 12.7 Å². The lowest BCUT2D eigenvalue weighted by Crippen LogP contribution is -2.12. The van der Waals surface area contributed by atoms with E-state index < -0.39 is 5.97 Å². The van der Waals surface area contributed by atoms with E-state index in [0.29, 0.717) is 29.2 Å². The average molecular weight is 283 g/mol. The number of hydrogen-bond donors (Lipinski definition) is 1. The summed E-state index contributed by atoms with van der Waals surface area (Å²) < 4.78 is 10.4. The molecule has 0 spiro atoms. The largest absolute Gasteiger partial charge is 0.465 e. The number of fused-ring (bicyclic) bond motifs is 1. The smallest absolute Gasteiger partial charge is 0.337 e. The maximum atomic E-state index is 11.5. The van der Waals surface area contributed by atoms with Crippen LogP contribution in [0, 0.1) is 0 Å². The van der Waals surface area contributed by atoms with Crippen molar-refractivity contribution in [2.45, 2.75) is 6.54 Å². The van der Waals surface area contributed by atoms with Crippen molar-refractivity contribution in [3.63, 3.8) is 0 Å². The second kappa shape index (κ2) is 5.28. The van der Waals surface area contributed by atoms with Crippen LogP contribution in [-0.2, 0) is 11.3 Å². The molecule has 3 rings (SSSR count). The molecule has 2 aromatic rings. The molecule has 0 aliphatic carbocycles. The Hall–Kier alpha value is -2.82. The molecule has 0 aromatic heterocycles. The molecule has 0 saturated carbocycles. The minimum absolute atomic E-state index is 0.0655. The van der Waals surface area contributed by atoms with E-state index in [1.54, 1.807) is 36.4 Å². The fourth-order valence-corrected chi connectivity index (χ4v) is 2.21. The molecule has 0 radical (unpaired) electrons. The average Bonchev–Trinajstić information content (AvgIpc) is 2.87. The van der Waals surface area contributed by atoms with Crippen LogP contribution in [0.5, 0.6) is 11.5 Å². The first-order valence-corrected chi connectivity index (χ1v) is 6.45. The van der Waals surface area contributed by atoms with Gasteiger partial charge in [0.1, 0.15) is 11.5 Å². The van der Waals surface area contributed by atoms with Crippen LogP contribution in [0.15, 0.2) is 42.5 Å². The van der Waals surface area contributed by atoms with Gasteiger partial charge < -0.3 is 14.8 Å². The van der Waals surface area contributed by atoms with Gasteiger partial charge in [-0.25, -0.2) is 4.79 Å². The minimum atomic E-state index is -0.413. The maximum absolute atomic E-state index is 11.5. The molecule has 5 heteroatoms. The molecule has 1 aliphatic heterocycles. The van der Waals surface area contributed by atoms with Crippen LogP contribution in [0.1, 0.15) is 26.3 Å². The first-order chi connectivity index (χ1) is 10.2. The van der Waals surface area contributed by atoms with E-state index in [4.69, 9.17) is 4.74 Å². The number of esters is 1. The van der Waals surface area contributed by atoms with Gasteiger partial charge in [-0.05, 0) is 42.0 Å². The third-order valence-corrected chi connectivity index (χ3v) is 3.25. The van der Waals surface area contributed by atoms with Gasteiger partial charge in [0.15, 0.2) is 0 Å². The SMILES string of the molecule is COC(=O)c1cccc(Oc2ccc3c(c2)CNC3=O)c1. The monoisotopic (exact) mass is 283 g/mol. The number of methoxy groups -OCH3 is 1. The number of amides is 1. The molecule has 0 fully saturated rings. The molecule has 1 N–H and O–H groups in total. The molecular weight excluding hydrogens is 270 g/mol. The van der Waals surface area contributed by atoms with E-state index in [1.165, 1.54) is 7.11 Å². The van der Waals surface area contributed by atoms with Crippen LogP contribution in [-0.4, -0.2) is 19.0 Å². The van der Waals surface area contributed by atoms with Crippen molar-refractivity contribution in [3.8, 4) is 11.5 Å². The van der Waals surface area contributed by atoms with Crippen LogP contribution in [0.2, 0.25) is 0 Å². The highest BCUT2D eigenvalue weighted by atomic mass is 16.5. The van der Waals surface area contributed by atoms with E-state index in [-0.39, 0.29) is 5.91 Å². The Balaban J connectivity index is 1.84. The highest BCUT2D eigenvalue weighted by molar-refractivity contribution is 5.98. The van der Waals surface area contributed by atoms with Gasteiger partial charge in [0, 0.05) is 12.1 Å². The van der Waals surface area contributed by atoms with Crippen LogP contribution in [0.4, 0.5) is 0 Å². The molecule has 106 valence electrons. The summed E-state index contributed by atoms with van der Waals surface area (Å²) in [5.41, 5.74) is 2.00. The normalized spacial score (nSPS) is 12.5. The fourth-order valence-electron chi connectivity index (χ4n) is 2.21. The molecule has 0 saturated heterocycles. The first kappa shape index (κ1) is 13.2. The van der Waals surface area contributed by atoms with Crippen molar-refractivity contribution in [3.05, 3.63) is 59.2 Å². The Labute approximate surface area is 121 Å². The molecule has 2 aromatic carbocycles. The van der Waals surface area contributed by atoms with E-state index >= 15 is 0 Å².